The lowest BCUT2D eigenvalue weighted by Crippen LogP contribution is -2.43. The quantitative estimate of drug-likeness (QED) is 0.781. The first-order chi connectivity index (χ1) is 11.6. The smallest absolute Gasteiger partial charge is 0.326 e. The van der Waals surface area contributed by atoms with Crippen molar-refractivity contribution >= 4 is 11.9 Å². The minimum atomic E-state index is -1.05. The fourth-order valence-electron chi connectivity index (χ4n) is 2.48. The van der Waals surface area contributed by atoms with Gasteiger partial charge in [0.1, 0.15) is 6.04 Å². The molecule has 24 heavy (non-hydrogen) atoms. The molecule has 0 aromatic heterocycles. The Morgan fingerprint density at radius 1 is 1.04 bits per heavy atom. The summed E-state index contributed by atoms with van der Waals surface area (Å²) in [6.07, 6.45) is 0.0574. The highest BCUT2D eigenvalue weighted by Crippen LogP contribution is 2.17. The van der Waals surface area contributed by atoms with Gasteiger partial charge >= 0.3 is 5.97 Å². The molecule has 5 nitrogen and oxygen atoms in total. The van der Waals surface area contributed by atoms with E-state index in [0.29, 0.717) is 18.4 Å². The number of rotatable bonds is 8. The summed E-state index contributed by atoms with van der Waals surface area (Å²) in [6.45, 7) is 0. The van der Waals surface area contributed by atoms with Gasteiger partial charge in [-0.25, -0.2) is 4.79 Å². The molecule has 5 heteroatoms. The molecule has 0 spiro atoms. The molecule has 126 valence electrons. The normalized spacial score (nSPS) is 13.0. The molecule has 0 saturated heterocycles. The lowest BCUT2D eigenvalue weighted by atomic mass is 10.0. The third kappa shape index (κ3) is 4.93. The number of hydrogen-bond acceptors (Lipinski definition) is 3. The zero-order chi connectivity index (χ0) is 17.4. The van der Waals surface area contributed by atoms with E-state index < -0.39 is 24.0 Å². The van der Waals surface area contributed by atoms with Gasteiger partial charge in [0.25, 0.3) is 5.91 Å². The number of ether oxygens (including phenoxy) is 1. The molecule has 0 saturated carbocycles. The van der Waals surface area contributed by atoms with Crippen molar-refractivity contribution in [2.75, 3.05) is 7.11 Å². The van der Waals surface area contributed by atoms with Crippen molar-refractivity contribution in [1.82, 2.24) is 5.32 Å². The van der Waals surface area contributed by atoms with E-state index in [0.717, 1.165) is 5.56 Å². The van der Waals surface area contributed by atoms with Crippen molar-refractivity contribution < 1.29 is 19.4 Å². The summed E-state index contributed by atoms with van der Waals surface area (Å²) in [5, 5.41) is 11.9. The Bertz CT molecular complexity index is 658. The highest BCUT2D eigenvalue weighted by Gasteiger charge is 2.26. The van der Waals surface area contributed by atoms with Gasteiger partial charge in [-0.3, -0.25) is 4.79 Å². The second-order valence-electron chi connectivity index (χ2n) is 5.45. The molecule has 0 unspecified atom stereocenters. The zero-order valence-corrected chi connectivity index (χ0v) is 13.5. The van der Waals surface area contributed by atoms with Crippen LogP contribution >= 0.6 is 0 Å². The van der Waals surface area contributed by atoms with E-state index in [2.05, 4.69) is 5.32 Å². The monoisotopic (exact) mass is 327 g/mol. The largest absolute Gasteiger partial charge is 0.480 e. The first kappa shape index (κ1) is 17.7. The van der Waals surface area contributed by atoms with Crippen LogP contribution in [0.5, 0.6) is 0 Å². The van der Waals surface area contributed by atoms with Crippen LogP contribution in [0.4, 0.5) is 0 Å². The van der Waals surface area contributed by atoms with Gasteiger partial charge in [0.15, 0.2) is 6.10 Å². The predicted molar refractivity (Wildman–Crippen MR) is 90.5 cm³/mol. The Kier molecular flexibility index (Phi) is 6.51. The van der Waals surface area contributed by atoms with Crippen molar-refractivity contribution in [2.45, 2.75) is 25.0 Å². The summed E-state index contributed by atoms with van der Waals surface area (Å²) in [4.78, 5) is 23.8. The van der Waals surface area contributed by atoms with Crippen LogP contribution in [-0.4, -0.2) is 30.1 Å². The average molecular weight is 327 g/mol. The van der Waals surface area contributed by atoms with Crippen LogP contribution in [0.1, 0.15) is 23.7 Å². The summed E-state index contributed by atoms with van der Waals surface area (Å²) >= 11 is 0. The molecule has 0 aliphatic carbocycles. The number of methoxy groups -OCH3 is 1. The molecule has 2 rings (SSSR count). The van der Waals surface area contributed by atoms with Gasteiger partial charge < -0.3 is 15.2 Å². The Labute approximate surface area is 141 Å². The molecule has 2 N–H and O–H groups in total. The summed E-state index contributed by atoms with van der Waals surface area (Å²) < 4.78 is 5.24. The maximum absolute atomic E-state index is 12.4. The van der Waals surface area contributed by atoms with Crippen LogP contribution in [0.2, 0.25) is 0 Å². The molecule has 0 aliphatic rings. The Morgan fingerprint density at radius 2 is 1.62 bits per heavy atom. The van der Waals surface area contributed by atoms with Crippen molar-refractivity contribution in [3.63, 3.8) is 0 Å². The van der Waals surface area contributed by atoms with Gasteiger partial charge in [-0.1, -0.05) is 60.7 Å². The van der Waals surface area contributed by atoms with E-state index in [9.17, 15) is 14.7 Å². The van der Waals surface area contributed by atoms with E-state index in [4.69, 9.17) is 4.74 Å². The first-order valence-electron chi connectivity index (χ1n) is 7.76. The SMILES string of the molecule is CO[C@@H](C(=O)N[C@H](CCc1ccccc1)C(=O)O)c1ccccc1. The van der Waals surface area contributed by atoms with E-state index >= 15 is 0 Å². The molecular weight excluding hydrogens is 306 g/mol. The number of nitrogens with one attached hydrogen (secondary N) is 1. The molecule has 2 aromatic carbocycles. The minimum Gasteiger partial charge on any atom is -0.480 e. The molecule has 1 amide bonds. The molecule has 2 atom stereocenters. The van der Waals surface area contributed by atoms with Crippen LogP contribution in [0.25, 0.3) is 0 Å². The summed E-state index contributed by atoms with van der Waals surface area (Å²) in [5.41, 5.74) is 1.72. The van der Waals surface area contributed by atoms with Crippen LogP contribution in [-0.2, 0) is 20.7 Å². The Balaban J connectivity index is 2.01. The number of amides is 1. The van der Waals surface area contributed by atoms with Crippen LogP contribution < -0.4 is 5.32 Å². The Morgan fingerprint density at radius 3 is 2.17 bits per heavy atom. The summed E-state index contributed by atoms with van der Waals surface area (Å²) in [6, 6.07) is 17.6. The summed E-state index contributed by atoms with van der Waals surface area (Å²) in [7, 11) is 1.43. The van der Waals surface area contributed by atoms with Crippen LogP contribution in [0, 0.1) is 0 Å². The second kappa shape index (κ2) is 8.84. The summed E-state index contributed by atoms with van der Waals surface area (Å²) in [5.74, 6) is -1.51. The second-order valence-corrected chi connectivity index (χ2v) is 5.45. The van der Waals surface area contributed by atoms with Gasteiger partial charge in [0.05, 0.1) is 0 Å². The number of carbonyl (C=O) groups excluding carboxylic acids is 1. The van der Waals surface area contributed by atoms with Gasteiger partial charge in [-0.15, -0.1) is 0 Å². The number of aliphatic carboxylic acids is 1. The standard InChI is InChI=1S/C19H21NO4/c1-24-17(15-10-6-3-7-11-15)18(21)20-16(19(22)23)13-12-14-8-4-2-5-9-14/h2-11,16-17H,12-13H2,1H3,(H,20,21)(H,22,23)/t16-,17-/m1/s1. The van der Waals surface area contributed by atoms with E-state index in [1.165, 1.54) is 7.11 Å². The molecule has 0 fully saturated rings. The average Bonchev–Trinajstić information content (AvgIpc) is 2.61. The molecule has 0 heterocycles. The molecule has 0 aliphatic heterocycles. The number of benzene rings is 2. The highest BCUT2D eigenvalue weighted by molar-refractivity contribution is 5.87. The molecule has 0 bridgehead atoms. The zero-order valence-electron chi connectivity index (χ0n) is 13.5. The van der Waals surface area contributed by atoms with Crippen LogP contribution in [0.3, 0.4) is 0 Å². The third-order valence-corrected chi connectivity index (χ3v) is 3.76. The van der Waals surface area contributed by atoms with Crippen molar-refractivity contribution in [1.29, 1.82) is 0 Å². The van der Waals surface area contributed by atoms with Crippen molar-refractivity contribution in [3.05, 3.63) is 71.8 Å². The maximum atomic E-state index is 12.4. The van der Waals surface area contributed by atoms with E-state index in [1.807, 2.05) is 36.4 Å². The number of hydrogen-bond donors (Lipinski definition) is 2. The minimum absolute atomic E-state index is 0.316. The topological polar surface area (TPSA) is 75.6 Å². The molecule has 0 radical (unpaired) electrons. The van der Waals surface area contributed by atoms with Gasteiger partial charge in [0.2, 0.25) is 0 Å². The lowest BCUT2D eigenvalue weighted by Gasteiger charge is -2.19. The molecule has 2 aromatic rings. The number of carbonyl (C=O) groups is 2. The van der Waals surface area contributed by atoms with Gasteiger partial charge in [0, 0.05) is 7.11 Å². The number of aryl methyl sites for hydroxylation is 1. The van der Waals surface area contributed by atoms with Gasteiger partial charge in [-0.2, -0.15) is 0 Å². The fraction of sp³-hybridized carbons (Fsp3) is 0.263. The maximum Gasteiger partial charge on any atom is 0.326 e. The van der Waals surface area contributed by atoms with Crippen LogP contribution in [0.15, 0.2) is 60.7 Å². The number of carboxylic acid groups (broad SMARTS) is 1. The van der Waals surface area contributed by atoms with Gasteiger partial charge in [-0.05, 0) is 24.0 Å². The predicted octanol–water partition coefficient (Wildman–Crippen LogP) is 2.58. The highest BCUT2D eigenvalue weighted by atomic mass is 16.5. The number of carboxylic acids is 1. The third-order valence-electron chi connectivity index (χ3n) is 3.76. The van der Waals surface area contributed by atoms with E-state index in [-0.39, 0.29) is 0 Å². The molecular formula is C19H21NO4. The first-order valence-corrected chi connectivity index (χ1v) is 7.76. The fourth-order valence-corrected chi connectivity index (χ4v) is 2.48. The van der Waals surface area contributed by atoms with E-state index in [1.54, 1.807) is 24.3 Å². The van der Waals surface area contributed by atoms with Crippen molar-refractivity contribution in [2.24, 2.45) is 0 Å². The lowest BCUT2D eigenvalue weighted by molar-refractivity contribution is -0.144. The van der Waals surface area contributed by atoms with Crippen molar-refractivity contribution in [3.8, 4) is 0 Å². The Hall–Kier alpha value is -2.66.